The van der Waals surface area contributed by atoms with Gasteiger partial charge in [0.15, 0.2) is 0 Å². The van der Waals surface area contributed by atoms with Gasteiger partial charge < -0.3 is 0 Å². The number of terminal acetylenes is 1. The normalized spacial score (nSPS) is 9.44. The lowest BCUT2D eigenvalue weighted by atomic mass is 9.96. The molecule has 2 heteroatoms. The molecular formula is C25H36S2. The molecule has 0 aliphatic carbocycles. The third-order valence-electron chi connectivity index (χ3n) is 3.16. The number of rotatable bonds is 4. The van der Waals surface area contributed by atoms with Gasteiger partial charge in [0.05, 0.1) is 0 Å². The molecule has 0 nitrogen and oxygen atoms in total. The minimum atomic E-state index is 0.760. The van der Waals surface area contributed by atoms with Crippen molar-refractivity contribution in [3.63, 3.8) is 0 Å². The highest BCUT2D eigenvalue weighted by atomic mass is 32.1. The van der Waals surface area contributed by atoms with Gasteiger partial charge in [-0.1, -0.05) is 83.2 Å². The van der Waals surface area contributed by atoms with Gasteiger partial charge in [-0.25, -0.2) is 0 Å². The molecule has 27 heavy (non-hydrogen) atoms. The lowest BCUT2D eigenvalue weighted by Crippen LogP contribution is -1.96. The Morgan fingerprint density at radius 3 is 1.85 bits per heavy atom. The van der Waals surface area contributed by atoms with Crippen molar-refractivity contribution in [3.05, 3.63) is 70.8 Å². The van der Waals surface area contributed by atoms with Crippen LogP contribution in [0.4, 0.5) is 0 Å². The molecule has 0 fully saturated rings. The maximum absolute atomic E-state index is 4.53. The molecule has 2 aromatic carbocycles. The van der Waals surface area contributed by atoms with E-state index in [0.29, 0.717) is 0 Å². The Hall–Kier alpha value is -1.56. The van der Waals surface area contributed by atoms with E-state index in [9.17, 15) is 0 Å². The van der Waals surface area contributed by atoms with Gasteiger partial charge in [-0.15, -0.1) is 25.5 Å². The predicted molar refractivity (Wildman–Crippen MR) is 132 cm³/mol. The van der Waals surface area contributed by atoms with E-state index < -0.39 is 0 Å². The van der Waals surface area contributed by atoms with Crippen molar-refractivity contribution in [2.75, 3.05) is 0 Å². The number of allylic oxidation sites excluding steroid dienone is 1. The Labute approximate surface area is 179 Å². The summed E-state index contributed by atoms with van der Waals surface area (Å²) in [6, 6.07) is 14.7. The van der Waals surface area contributed by atoms with Crippen LogP contribution in [-0.4, -0.2) is 0 Å². The number of thiol groups is 2. The van der Waals surface area contributed by atoms with Crippen molar-refractivity contribution in [1.29, 1.82) is 0 Å². The number of benzene rings is 2. The summed E-state index contributed by atoms with van der Waals surface area (Å²) in [6.45, 7) is 12.5. The Morgan fingerprint density at radius 1 is 0.889 bits per heavy atom. The zero-order valence-electron chi connectivity index (χ0n) is 17.7. The summed E-state index contributed by atoms with van der Waals surface area (Å²) in [5.41, 5.74) is 5.14. The molecule has 2 aromatic rings. The Bertz CT molecular complexity index is 664. The average Bonchev–Trinajstić information content (AvgIpc) is 2.68. The highest BCUT2D eigenvalue weighted by molar-refractivity contribution is 7.80. The van der Waals surface area contributed by atoms with Crippen LogP contribution in [0.2, 0.25) is 0 Å². The van der Waals surface area contributed by atoms with E-state index in [4.69, 9.17) is 0 Å². The van der Waals surface area contributed by atoms with Crippen molar-refractivity contribution in [2.45, 2.75) is 58.6 Å². The fourth-order valence-electron chi connectivity index (χ4n) is 2.20. The molecule has 0 unspecified atom stereocenters. The molecule has 0 bridgehead atoms. The third-order valence-corrected chi connectivity index (χ3v) is 3.94. The van der Waals surface area contributed by atoms with Crippen LogP contribution in [0.3, 0.4) is 0 Å². The molecule has 2 rings (SSSR count). The van der Waals surface area contributed by atoms with Crippen molar-refractivity contribution in [1.82, 2.24) is 0 Å². The quantitative estimate of drug-likeness (QED) is 0.377. The van der Waals surface area contributed by atoms with Gasteiger partial charge >= 0.3 is 0 Å². The van der Waals surface area contributed by atoms with Crippen LogP contribution >= 0.6 is 25.3 Å². The summed E-state index contributed by atoms with van der Waals surface area (Å²) in [7, 11) is 0. The van der Waals surface area contributed by atoms with E-state index in [1.807, 2.05) is 32.9 Å². The first kappa shape index (κ1) is 27.7. The van der Waals surface area contributed by atoms with Crippen molar-refractivity contribution < 1.29 is 0 Å². The maximum Gasteiger partial charge on any atom is 0.0160 e. The van der Waals surface area contributed by atoms with Crippen LogP contribution in [0.5, 0.6) is 0 Å². The first-order valence-corrected chi connectivity index (χ1v) is 10.5. The first-order valence-electron chi connectivity index (χ1n) is 9.44. The van der Waals surface area contributed by atoms with Crippen molar-refractivity contribution in [2.24, 2.45) is 5.92 Å². The molecular weight excluding hydrogens is 364 g/mol. The van der Waals surface area contributed by atoms with E-state index in [-0.39, 0.29) is 0 Å². The van der Waals surface area contributed by atoms with Gasteiger partial charge in [0.25, 0.3) is 0 Å². The highest BCUT2D eigenvalue weighted by Gasteiger charge is 2.07. The van der Waals surface area contributed by atoms with Gasteiger partial charge in [0.1, 0.15) is 0 Å². The summed E-state index contributed by atoms with van der Waals surface area (Å²) < 4.78 is 0. The summed E-state index contributed by atoms with van der Waals surface area (Å²) in [4.78, 5) is 1.05. The number of hydrogen-bond acceptors (Lipinski definition) is 2. The summed E-state index contributed by atoms with van der Waals surface area (Å²) in [6.07, 6.45) is 13.2. The molecule has 0 spiro atoms. The zero-order chi connectivity index (χ0) is 21.2. The second kappa shape index (κ2) is 17.8. The Kier molecular flexibility index (Phi) is 18.3. The predicted octanol–water partition coefficient (Wildman–Crippen LogP) is 7.97. The molecule has 0 N–H and O–H groups in total. The van der Waals surface area contributed by atoms with E-state index in [1.54, 1.807) is 0 Å². The lowest BCUT2D eigenvalue weighted by Gasteiger charge is -2.12. The van der Waals surface area contributed by atoms with E-state index >= 15 is 0 Å². The standard InChI is InChI=1S/C17H18S2.C4H10.C2H6.C2H2/c1-2-6-16-13(8-5-9-15(16)12-18)11-14-7-3-4-10-17(14)19;1-4(2)3;2*1-2/h2-10,18-19H,11-12H2,1H3;4H,1-3H3;1-2H3;1-2H/b6-2-;;;. The molecule has 0 aliphatic heterocycles. The molecule has 0 saturated heterocycles. The maximum atomic E-state index is 4.53. The van der Waals surface area contributed by atoms with Crippen molar-refractivity contribution in [3.8, 4) is 12.8 Å². The third kappa shape index (κ3) is 11.7. The molecule has 0 atom stereocenters. The lowest BCUT2D eigenvalue weighted by molar-refractivity contribution is 0.737. The van der Waals surface area contributed by atoms with Crippen LogP contribution in [0.25, 0.3) is 6.08 Å². The minimum absolute atomic E-state index is 0.760. The minimum Gasteiger partial charge on any atom is -0.175 e. The van der Waals surface area contributed by atoms with Crippen molar-refractivity contribution >= 4 is 31.3 Å². The van der Waals surface area contributed by atoms with Crippen LogP contribution < -0.4 is 0 Å². The monoisotopic (exact) mass is 400 g/mol. The molecule has 0 aliphatic rings. The average molecular weight is 401 g/mol. The Balaban J connectivity index is 0. The first-order chi connectivity index (χ1) is 13.0. The SMILES string of the molecule is C#C.C/C=C\c1c(CS)cccc1Cc1ccccc1S.CC.CC(C)C. The summed E-state index contributed by atoms with van der Waals surface area (Å²) in [5.74, 6) is 1.59. The second-order valence-corrected chi connectivity index (χ2v) is 6.98. The van der Waals surface area contributed by atoms with Gasteiger partial charge in [-0.3, -0.25) is 0 Å². The molecule has 0 amide bonds. The fourth-order valence-corrected chi connectivity index (χ4v) is 2.72. The molecule has 0 aromatic heterocycles. The van der Waals surface area contributed by atoms with Gasteiger partial charge in [-0.2, -0.15) is 12.6 Å². The Morgan fingerprint density at radius 2 is 1.37 bits per heavy atom. The van der Waals surface area contributed by atoms with E-state index in [2.05, 4.69) is 101 Å². The fraction of sp³-hybridized carbons (Fsp3) is 0.360. The molecule has 0 radical (unpaired) electrons. The van der Waals surface area contributed by atoms with Crippen LogP contribution in [0.1, 0.15) is 63.8 Å². The van der Waals surface area contributed by atoms with Crippen LogP contribution in [0, 0.1) is 18.8 Å². The second-order valence-electron chi connectivity index (χ2n) is 6.19. The zero-order valence-corrected chi connectivity index (χ0v) is 19.5. The molecule has 0 heterocycles. The molecule has 0 saturated carbocycles. The van der Waals surface area contributed by atoms with Gasteiger partial charge in [0, 0.05) is 10.6 Å². The van der Waals surface area contributed by atoms with E-state index in [0.717, 1.165) is 23.0 Å². The smallest absolute Gasteiger partial charge is 0.0160 e. The van der Waals surface area contributed by atoms with Crippen LogP contribution in [-0.2, 0) is 12.2 Å². The largest absolute Gasteiger partial charge is 0.175 e. The summed E-state index contributed by atoms with van der Waals surface area (Å²) >= 11 is 8.95. The summed E-state index contributed by atoms with van der Waals surface area (Å²) in [5, 5.41) is 0. The van der Waals surface area contributed by atoms with Gasteiger partial charge in [-0.05, 0) is 47.6 Å². The van der Waals surface area contributed by atoms with Crippen LogP contribution in [0.15, 0.2) is 53.4 Å². The van der Waals surface area contributed by atoms with E-state index in [1.165, 1.54) is 22.3 Å². The van der Waals surface area contributed by atoms with Gasteiger partial charge in [0.2, 0.25) is 0 Å². The molecule has 148 valence electrons. The highest BCUT2D eigenvalue weighted by Crippen LogP contribution is 2.24. The topological polar surface area (TPSA) is 0 Å². The number of hydrogen-bond donors (Lipinski definition) is 2.